The lowest BCUT2D eigenvalue weighted by molar-refractivity contribution is 0.601. The van der Waals surface area contributed by atoms with Crippen LogP contribution in [0.3, 0.4) is 0 Å². The quantitative estimate of drug-likeness (QED) is 0.870. The van der Waals surface area contributed by atoms with Crippen molar-refractivity contribution in [2.45, 2.75) is 32.1 Å². The van der Waals surface area contributed by atoms with E-state index >= 15 is 0 Å². The van der Waals surface area contributed by atoms with Crippen LogP contribution in [-0.4, -0.2) is 29.9 Å². The summed E-state index contributed by atoms with van der Waals surface area (Å²) in [5.74, 6) is 0.943. The molecule has 3 heterocycles. The molecular formula is C15H18N2O2S2. The van der Waals surface area contributed by atoms with Crippen molar-refractivity contribution in [2.75, 3.05) is 11.5 Å². The molecule has 2 aromatic heterocycles. The molecule has 0 aromatic carbocycles. The maximum absolute atomic E-state index is 11.6. The molecule has 1 fully saturated rings. The standard InChI is InChI=1S/C15H18N2O2S2/c1-10(2)12-4-3-5-13(16-12)15-17-14(8-20-15)11-6-7-21(18,19)9-11/h3-5,8,10-11H,6-7,9H2,1-2H3. The third-order valence-electron chi connectivity index (χ3n) is 3.75. The summed E-state index contributed by atoms with van der Waals surface area (Å²) < 4.78 is 23.1. The summed E-state index contributed by atoms with van der Waals surface area (Å²) >= 11 is 1.54. The van der Waals surface area contributed by atoms with E-state index in [9.17, 15) is 8.42 Å². The Balaban J connectivity index is 1.87. The van der Waals surface area contributed by atoms with Gasteiger partial charge in [0.1, 0.15) is 5.01 Å². The molecule has 0 amide bonds. The van der Waals surface area contributed by atoms with Crippen LogP contribution >= 0.6 is 11.3 Å². The summed E-state index contributed by atoms with van der Waals surface area (Å²) in [6, 6.07) is 5.98. The fourth-order valence-corrected chi connectivity index (χ4v) is 5.14. The lowest BCUT2D eigenvalue weighted by atomic mass is 10.1. The zero-order valence-corrected chi connectivity index (χ0v) is 13.7. The highest BCUT2D eigenvalue weighted by Gasteiger charge is 2.30. The largest absolute Gasteiger partial charge is 0.250 e. The van der Waals surface area contributed by atoms with Crippen LogP contribution in [0.1, 0.15) is 43.5 Å². The minimum Gasteiger partial charge on any atom is -0.250 e. The number of pyridine rings is 1. The topological polar surface area (TPSA) is 59.9 Å². The fourth-order valence-electron chi connectivity index (χ4n) is 2.51. The average Bonchev–Trinajstić information content (AvgIpc) is 3.05. The van der Waals surface area contributed by atoms with Crippen molar-refractivity contribution in [1.82, 2.24) is 9.97 Å². The molecule has 112 valence electrons. The predicted octanol–water partition coefficient (Wildman–Crippen LogP) is 3.23. The van der Waals surface area contributed by atoms with Crippen molar-refractivity contribution in [3.05, 3.63) is 35.0 Å². The number of sulfone groups is 1. The number of hydrogen-bond acceptors (Lipinski definition) is 5. The van der Waals surface area contributed by atoms with Crippen LogP contribution in [0.4, 0.5) is 0 Å². The first-order chi connectivity index (χ1) is 9.94. The molecule has 0 spiro atoms. The Labute approximate surface area is 129 Å². The third-order valence-corrected chi connectivity index (χ3v) is 6.40. The van der Waals surface area contributed by atoms with E-state index in [1.54, 1.807) is 11.3 Å². The number of nitrogens with zero attached hydrogens (tertiary/aromatic N) is 2. The summed E-state index contributed by atoms with van der Waals surface area (Å²) in [7, 11) is -2.87. The molecule has 6 heteroatoms. The van der Waals surface area contributed by atoms with Crippen LogP contribution in [0.5, 0.6) is 0 Å². The van der Waals surface area contributed by atoms with Crippen LogP contribution in [0.25, 0.3) is 10.7 Å². The Hall–Kier alpha value is -1.27. The molecule has 2 aromatic rings. The summed E-state index contributed by atoms with van der Waals surface area (Å²) in [5, 5.41) is 2.85. The second kappa shape index (κ2) is 5.50. The van der Waals surface area contributed by atoms with Gasteiger partial charge in [0.2, 0.25) is 0 Å². The van der Waals surface area contributed by atoms with Gasteiger partial charge in [-0.1, -0.05) is 19.9 Å². The van der Waals surface area contributed by atoms with Crippen molar-refractivity contribution in [1.29, 1.82) is 0 Å². The number of thiazole rings is 1. The van der Waals surface area contributed by atoms with Gasteiger partial charge < -0.3 is 0 Å². The normalized spacial score (nSPS) is 21.0. The Morgan fingerprint density at radius 2 is 2.10 bits per heavy atom. The molecule has 0 N–H and O–H groups in total. The second-order valence-electron chi connectivity index (χ2n) is 5.78. The molecule has 21 heavy (non-hydrogen) atoms. The van der Waals surface area contributed by atoms with Gasteiger partial charge in [0, 0.05) is 17.0 Å². The molecule has 1 saturated heterocycles. The molecule has 0 radical (unpaired) electrons. The highest BCUT2D eigenvalue weighted by molar-refractivity contribution is 7.91. The minimum absolute atomic E-state index is 0.0493. The van der Waals surface area contributed by atoms with E-state index < -0.39 is 9.84 Å². The number of hydrogen-bond donors (Lipinski definition) is 0. The molecule has 3 rings (SSSR count). The molecule has 0 bridgehead atoms. The van der Waals surface area contributed by atoms with E-state index in [0.29, 0.717) is 12.3 Å². The molecular weight excluding hydrogens is 304 g/mol. The lowest BCUT2D eigenvalue weighted by Gasteiger charge is -2.05. The smallest absolute Gasteiger partial charge is 0.151 e. The molecule has 1 aliphatic heterocycles. The van der Waals surface area contributed by atoms with Crippen molar-refractivity contribution in [3.63, 3.8) is 0 Å². The summed E-state index contributed by atoms with van der Waals surface area (Å²) in [6.45, 7) is 4.23. The Morgan fingerprint density at radius 1 is 1.29 bits per heavy atom. The maximum Gasteiger partial charge on any atom is 0.151 e. The van der Waals surface area contributed by atoms with Gasteiger partial charge >= 0.3 is 0 Å². The van der Waals surface area contributed by atoms with Gasteiger partial charge in [-0.2, -0.15) is 0 Å². The van der Waals surface area contributed by atoms with Gasteiger partial charge in [0.15, 0.2) is 9.84 Å². The molecule has 1 atom stereocenters. The van der Waals surface area contributed by atoms with Crippen molar-refractivity contribution >= 4 is 21.2 Å². The Bertz CT molecular complexity index is 751. The van der Waals surface area contributed by atoms with Crippen LogP contribution in [-0.2, 0) is 9.84 Å². The van der Waals surface area contributed by atoms with E-state index in [0.717, 1.165) is 22.1 Å². The number of aromatic nitrogens is 2. The predicted molar refractivity (Wildman–Crippen MR) is 85.4 cm³/mol. The average molecular weight is 322 g/mol. The van der Waals surface area contributed by atoms with Crippen LogP contribution < -0.4 is 0 Å². The SMILES string of the molecule is CC(C)c1cccc(-c2nc(C3CCS(=O)(=O)C3)cs2)n1. The maximum atomic E-state index is 11.6. The van der Waals surface area contributed by atoms with E-state index in [1.807, 2.05) is 23.6 Å². The molecule has 0 saturated carbocycles. The summed E-state index contributed by atoms with van der Waals surface area (Å²) in [6.07, 6.45) is 0.685. The summed E-state index contributed by atoms with van der Waals surface area (Å²) in [4.78, 5) is 9.26. The van der Waals surface area contributed by atoms with E-state index in [2.05, 4.69) is 23.8 Å². The zero-order chi connectivity index (χ0) is 15.0. The Kier molecular flexibility index (Phi) is 3.84. The number of rotatable bonds is 3. The van der Waals surface area contributed by atoms with Crippen molar-refractivity contribution in [3.8, 4) is 10.7 Å². The fraction of sp³-hybridized carbons (Fsp3) is 0.467. The van der Waals surface area contributed by atoms with Gasteiger partial charge in [0.25, 0.3) is 0 Å². The zero-order valence-electron chi connectivity index (χ0n) is 12.1. The van der Waals surface area contributed by atoms with Crippen LogP contribution in [0.15, 0.2) is 23.6 Å². The van der Waals surface area contributed by atoms with Gasteiger partial charge in [0.05, 0.1) is 22.9 Å². The highest BCUT2D eigenvalue weighted by Crippen LogP contribution is 2.32. The van der Waals surface area contributed by atoms with E-state index in [-0.39, 0.29) is 17.4 Å². The van der Waals surface area contributed by atoms with Gasteiger partial charge in [-0.05, 0) is 24.5 Å². The van der Waals surface area contributed by atoms with Crippen LogP contribution in [0, 0.1) is 0 Å². The molecule has 1 unspecified atom stereocenters. The van der Waals surface area contributed by atoms with Crippen LogP contribution in [0.2, 0.25) is 0 Å². The van der Waals surface area contributed by atoms with E-state index in [4.69, 9.17) is 0 Å². The first-order valence-corrected chi connectivity index (χ1v) is 9.78. The van der Waals surface area contributed by atoms with Crippen molar-refractivity contribution in [2.24, 2.45) is 0 Å². The van der Waals surface area contributed by atoms with Crippen molar-refractivity contribution < 1.29 is 8.42 Å². The lowest BCUT2D eigenvalue weighted by Crippen LogP contribution is -2.04. The van der Waals surface area contributed by atoms with Gasteiger partial charge in [-0.3, -0.25) is 4.98 Å². The van der Waals surface area contributed by atoms with E-state index in [1.165, 1.54) is 0 Å². The first kappa shape index (κ1) is 14.7. The van der Waals surface area contributed by atoms with Gasteiger partial charge in [-0.15, -0.1) is 11.3 Å². The summed E-state index contributed by atoms with van der Waals surface area (Å²) in [5.41, 5.74) is 2.82. The molecule has 1 aliphatic rings. The minimum atomic E-state index is -2.87. The Morgan fingerprint density at radius 3 is 2.76 bits per heavy atom. The molecule has 0 aliphatic carbocycles. The highest BCUT2D eigenvalue weighted by atomic mass is 32.2. The van der Waals surface area contributed by atoms with Gasteiger partial charge in [-0.25, -0.2) is 13.4 Å². The monoisotopic (exact) mass is 322 g/mol. The third kappa shape index (κ3) is 3.16. The first-order valence-electron chi connectivity index (χ1n) is 7.08. The second-order valence-corrected chi connectivity index (χ2v) is 8.87. The molecule has 4 nitrogen and oxygen atoms in total.